The summed E-state index contributed by atoms with van der Waals surface area (Å²) in [6.45, 7) is 3.43. The fraction of sp³-hybridized carbons (Fsp3) is 0.385. The SMILES string of the molecule is CC1CNC(C(=O)Nc2ccc(C(N)=O)cc2)CN1. The summed E-state index contributed by atoms with van der Waals surface area (Å²) in [6, 6.07) is 6.64. The van der Waals surface area contributed by atoms with Crippen LogP contribution in [0.3, 0.4) is 0 Å². The third-order valence-electron chi connectivity index (χ3n) is 3.09. The average molecular weight is 262 g/mol. The first kappa shape index (κ1) is 13.5. The van der Waals surface area contributed by atoms with Crippen molar-refractivity contribution < 1.29 is 9.59 Å². The molecule has 1 fully saturated rings. The highest BCUT2D eigenvalue weighted by Crippen LogP contribution is 2.09. The Bertz CT molecular complexity index is 464. The fourth-order valence-corrected chi connectivity index (χ4v) is 1.92. The van der Waals surface area contributed by atoms with Crippen molar-refractivity contribution in [2.45, 2.75) is 19.0 Å². The Morgan fingerprint density at radius 3 is 2.42 bits per heavy atom. The lowest BCUT2D eigenvalue weighted by Gasteiger charge is -2.28. The standard InChI is InChI=1S/C13H18N4O2/c1-8-6-16-11(7-15-8)13(19)17-10-4-2-9(3-5-10)12(14)18/h2-5,8,11,15-16H,6-7H2,1H3,(H2,14,18)(H,17,19). The molecule has 102 valence electrons. The fourth-order valence-electron chi connectivity index (χ4n) is 1.92. The second kappa shape index (κ2) is 5.81. The second-order valence-corrected chi connectivity index (χ2v) is 4.70. The summed E-state index contributed by atoms with van der Waals surface area (Å²) in [5.74, 6) is -0.573. The van der Waals surface area contributed by atoms with Gasteiger partial charge in [-0.15, -0.1) is 0 Å². The molecule has 1 aromatic rings. The smallest absolute Gasteiger partial charge is 0.248 e. The van der Waals surface area contributed by atoms with E-state index in [-0.39, 0.29) is 11.9 Å². The largest absolute Gasteiger partial charge is 0.366 e. The van der Waals surface area contributed by atoms with E-state index in [2.05, 4.69) is 22.9 Å². The maximum absolute atomic E-state index is 12.0. The van der Waals surface area contributed by atoms with Gasteiger partial charge in [0.15, 0.2) is 0 Å². The first-order valence-corrected chi connectivity index (χ1v) is 6.24. The van der Waals surface area contributed by atoms with Crippen LogP contribution < -0.4 is 21.7 Å². The van der Waals surface area contributed by atoms with Crippen molar-refractivity contribution in [3.8, 4) is 0 Å². The topological polar surface area (TPSA) is 96.2 Å². The number of carbonyl (C=O) groups excluding carboxylic acids is 2. The molecule has 1 saturated heterocycles. The Morgan fingerprint density at radius 2 is 1.89 bits per heavy atom. The molecular formula is C13H18N4O2. The highest BCUT2D eigenvalue weighted by atomic mass is 16.2. The quantitative estimate of drug-likeness (QED) is 0.600. The van der Waals surface area contributed by atoms with Crippen molar-refractivity contribution in [2.24, 2.45) is 5.73 Å². The zero-order valence-corrected chi connectivity index (χ0v) is 10.8. The predicted octanol–water partition coefficient (Wildman–Crippen LogP) is -0.326. The van der Waals surface area contributed by atoms with E-state index in [1.807, 2.05) is 0 Å². The Morgan fingerprint density at radius 1 is 1.21 bits per heavy atom. The first-order chi connectivity index (χ1) is 9.06. The molecule has 0 saturated carbocycles. The van der Waals surface area contributed by atoms with Crippen LogP contribution in [0.4, 0.5) is 5.69 Å². The monoisotopic (exact) mass is 262 g/mol. The van der Waals surface area contributed by atoms with Gasteiger partial charge in [-0.3, -0.25) is 9.59 Å². The summed E-state index contributed by atoms with van der Waals surface area (Å²) < 4.78 is 0. The van der Waals surface area contributed by atoms with Crippen molar-refractivity contribution >= 4 is 17.5 Å². The molecule has 5 N–H and O–H groups in total. The molecule has 1 aliphatic rings. The molecule has 0 radical (unpaired) electrons. The van der Waals surface area contributed by atoms with E-state index in [1.165, 1.54) is 0 Å². The maximum atomic E-state index is 12.0. The average Bonchev–Trinajstić information content (AvgIpc) is 2.40. The van der Waals surface area contributed by atoms with Crippen molar-refractivity contribution in [3.63, 3.8) is 0 Å². The minimum Gasteiger partial charge on any atom is -0.366 e. The zero-order chi connectivity index (χ0) is 13.8. The molecule has 6 nitrogen and oxygen atoms in total. The number of hydrogen-bond donors (Lipinski definition) is 4. The molecule has 2 rings (SSSR count). The summed E-state index contributed by atoms with van der Waals surface area (Å²) in [5.41, 5.74) is 6.22. The summed E-state index contributed by atoms with van der Waals surface area (Å²) >= 11 is 0. The van der Waals surface area contributed by atoms with E-state index in [0.717, 1.165) is 6.54 Å². The van der Waals surface area contributed by atoms with E-state index in [4.69, 9.17) is 5.73 Å². The number of nitrogens with one attached hydrogen (secondary N) is 3. The van der Waals surface area contributed by atoms with Crippen molar-refractivity contribution in [1.29, 1.82) is 0 Å². The van der Waals surface area contributed by atoms with Crippen molar-refractivity contribution in [2.75, 3.05) is 18.4 Å². The van der Waals surface area contributed by atoms with Gasteiger partial charge in [-0.1, -0.05) is 0 Å². The second-order valence-electron chi connectivity index (χ2n) is 4.70. The maximum Gasteiger partial charge on any atom is 0.248 e. The van der Waals surface area contributed by atoms with Crippen LogP contribution in [-0.2, 0) is 4.79 Å². The molecular weight excluding hydrogens is 244 g/mol. The van der Waals surface area contributed by atoms with Crippen molar-refractivity contribution in [3.05, 3.63) is 29.8 Å². The third-order valence-corrected chi connectivity index (χ3v) is 3.09. The highest BCUT2D eigenvalue weighted by molar-refractivity contribution is 5.96. The van der Waals surface area contributed by atoms with E-state index < -0.39 is 5.91 Å². The van der Waals surface area contributed by atoms with Crippen LogP contribution in [0, 0.1) is 0 Å². The van der Waals surface area contributed by atoms with Gasteiger partial charge in [-0.2, -0.15) is 0 Å². The lowest BCUT2D eigenvalue weighted by atomic mass is 10.1. The molecule has 0 spiro atoms. The van der Waals surface area contributed by atoms with E-state index in [0.29, 0.717) is 23.8 Å². The van der Waals surface area contributed by atoms with Gasteiger partial charge in [-0.05, 0) is 31.2 Å². The van der Waals surface area contributed by atoms with Gasteiger partial charge in [0.2, 0.25) is 11.8 Å². The van der Waals surface area contributed by atoms with Crippen LogP contribution in [0.25, 0.3) is 0 Å². The van der Waals surface area contributed by atoms with Crippen LogP contribution in [-0.4, -0.2) is 37.0 Å². The highest BCUT2D eigenvalue weighted by Gasteiger charge is 2.23. The molecule has 0 bridgehead atoms. The number of amides is 2. The minimum atomic E-state index is -0.481. The molecule has 0 aromatic heterocycles. The number of primary amides is 1. The van der Waals surface area contributed by atoms with Crippen LogP contribution in [0.15, 0.2) is 24.3 Å². The van der Waals surface area contributed by atoms with E-state index >= 15 is 0 Å². The van der Waals surface area contributed by atoms with Gasteiger partial charge in [0.05, 0.1) is 6.04 Å². The molecule has 1 heterocycles. The van der Waals surface area contributed by atoms with Crippen molar-refractivity contribution in [1.82, 2.24) is 10.6 Å². The summed E-state index contributed by atoms with van der Waals surface area (Å²) in [5, 5.41) is 9.21. The number of carbonyl (C=O) groups is 2. The molecule has 0 aliphatic carbocycles. The van der Waals surface area contributed by atoms with Crippen LogP contribution >= 0.6 is 0 Å². The molecule has 19 heavy (non-hydrogen) atoms. The predicted molar refractivity (Wildman–Crippen MR) is 72.8 cm³/mol. The third kappa shape index (κ3) is 3.52. The van der Waals surface area contributed by atoms with Gasteiger partial charge in [0.25, 0.3) is 0 Å². The van der Waals surface area contributed by atoms with Gasteiger partial charge in [0, 0.05) is 30.4 Å². The summed E-state index contributed by atoms with van der Waals surface area (Å²) in [7, 11) is 0. The number of piperazine rings is 1. The van der Waals surface area contributed by atoms with Crippen LogP contribution in [0.2, 0.25) is 0 Å². The normalized spacial score (nSPS) is 22.8. The summed E-state index contributed by atoms with van der Waals surface area (Å²) in [6.07, 6.45) is 0. The Kier molecular flexibility index (Phi) is 4.13. The van der Waals surface area contributed by atoms with E-state index in [1.54, 1.807) is 24.3 Å². The zero-order valence-electron chi connectivity index (χ0n) is 10.8. The van der Waals surface area contributed by atoms with Gasteiger partial charge in [-0.25, -0.2) is 0 Å². The van der Waals surface area contributed by atoms with Gasteiger partial charge < -0.3 is 21.7 Å². The number of rotatable bonds is 3. The van der Waals surface area contributed by atoms with Gasteiger partial charge >= 0.3 is 0 Å². The molecule has 2 unspecified atom stereocenters. The Balaban J connectivity index is 1.93. The Labute approximate surface area is 111 Å². The molecule has 2 amide bonds. The Hall–Kier alpha value is -1.92. The van der Waals surface area contributed by atoms with Crippen LogP contribution in [0.1, 0.15) is 17.3 Å². The number of benzene rings is 1. The molecule has 6 heteroatoms. The lowest BCUT2D eigenvalue weighted by molar-refractivity contribution is -0.118. The van der Waals surface area contributed by atoms with Crippen LogP contribution in [0.5, 0.6) is 0 Å². The molecule has 1 aromatic carbocycles. The lowest BCUT2D eigenvalue weighted by Crippen LogP contribution is -2.57. The number of nitrogens with two attached hydrogens (primary N) is 1. The van der Waals surface area contributed by atoms with Gasteiger partial charge in [0.1, 0.15) is 0 Å². The summed E-state index contributed by atoms with van der Waals surface area (Å²) in [4.78, 5) is 22.9. The first-order valence-electron chi connectivity index (χ1n) is 6.24. The molecule has 1 aliphatic heterocycles. The van der Waals surface area contributed by atoms with E-state index in [9.17, 15) is 9.59 Å². The molecule has 2 atom stereocenters. The number of anilines is 1. The minimum absolute atomic E-state index is 0.0915. The number of hydrogen-bond acceptors (Lipinski definition) is 4.